The average molecular weight is 349 g/mol. The van der Waals surface area contributed by atoms with E-state index in [0.29, 0.717) is 0 Å². The number of nitrogens with two attached hydrogens (primary N) is 1. The Labute approximate surface area is 150 Å². The number of hydrogen-bond donors (Lipinski definition) is 2. The summed E-state index contributed by atoms with van der Waals surface area (Å²) < 4.78 is 2.09. The van der Waals surface area contributed by atoms with Crippen LogP contribution in [0.25, 0.3) is 11.1 Å². The van der Waals surface area contributed by atoms with Gasteiger partial charge in [0.05, 0.1) is 12.4 Å². The van der Waals surface area contributed by atoms with Gasteiger partial charge in [0.25, 0.3) is 0 Å². The highest BCUT2D eigenvalue weighted by molar-refractivity contribution is 6.30. The van der Waals surface area contributed by atoms with Gasteiger partial charge in [0.2, 0.25) is 0 Å². The first-order valence-corrected chi connectivity index (χ1v) is 8.35. The van der Waals surface area contributed by atoms with Crippen LogP contribution in [0.2, 0.25) is 5.02 Å². The normalized spacial score (nSPS) is 12.2. The van der Waals surface area contributed by atoms with E-state index in [0.717, 1.165) is 33.0 Å². The highest BCUT2D eigenvalue weighted by atomic mass is 35.5. The molecule has 3 N–H and O–H groups in total. The molecule has 0 bridgehead atoms. The SMILES string of the molecule is Nc1ccc([C@@H](c2c[nH]cc2-c2ccc(Cl)cc2)n2ccnc2)cc1. The van der Waals surface area contributed by atoms with Crippen molar-refractivity contribution < 1.29 is 0 Å². The highest BCUT2D eigenvalue weighted by Gasteiger charge is 2.20. The number of halogens is 1. The van der Waals surface area contributed by atoms with Gasteiger partial charge in [-0.2, -0.15) is 0 Å². The fourth-order valence-corrected chi connectivity index (χ4v) is 3.22. The molecule has 0 amide bonds. The summed E-state index contributed by atoms with van der Waals surface area (Å²) >= 11 is 6.04. The van der Waals surface area contributed by atoms with Crippen LogP contribution in [0.1, 0.15) is 17.2 Å². The summed E-state index contributed by atoms with van der Waals surface area (Å²) in [5.74, 6) is 0. The summed E-state index contributed by atoms with van der Waals surface area (Å²) in [4.78, 5) is 7.46. The van der Waals surface area contributed by atoms with Gasteiger partial charge < -0.3 is 15.3 Å². The number of imidazole rings is 1. The van der Waals surface area contributed by atoms with Crippen LogP contribution in [-0.2, 0) is 0 Å². The van der Waals surface area contributed by atoms with Gasteiger partial charge in [-0.1, -0.05) is 35.9 Å². The van der Waals surface area contributed by atoms with Crippen molar-refractivity contribution in [3.8, 4) is 11.1 Å². The molecular weight excluding hydrogens is 332 g/mol. The first-order chi connectivity index (χ1) is 12.2. The minimum atomic E-state index is 0.0000260. The molecule has 0 saturated heterocycles. The lowest BCUT2D eigenvalue weighted by Crippen LogP contribution is -2.11. The van der Waals surface area contributed by atoms with E-state index in [-0.39, 0.29) is 6.04 Å². The predicted octanol–water partition coefficient (Wildman–Crippen LogP) is 4.75. The Morgan fingerprint density at radius 2 is 1.76 bits per heavy atom. The van der Waals surface area contributed by atoms with Gasteiger partial charge in [0.1, 0.15) is 0 Å². The molecule has 0 aliphatic rings. The molecule has 2 heterocycles. The van der Waals surface area contributed by atoms with E-state index in [1.165, 1.54) is 0 Å². The first kappa shape index (κ1) is 15.5. The maximum absolute atomic E-state index is 6.04. The Morgan fingerprint density at radius 1 is 1.00 bits per heavy atom. The average Bonchev–Trinajstić information content (AvgIpc) is 3.30. The van der Waals surface area contributed by atoms with E-state index in [9.17, 15) is 0 Å². The Balaban J connectivity index is 1.85. The molecule has 5 heteroatoms. The van der Waals surface area contributed by atoms with Crippen molar-refractivity contribution in [1.82, 2.24) is 14.5 Å². The Hall–Kier alpha value is -2.98. The predicted molar refractivity (Wildman–Crippen MR) is 102 cm³/mol. The van der Waals surface area contributed by atoms with Crippen LogP contribution in [0.5, 0.6) is 0 Å². The van der Waals surface area contributed by atoms with Crippen molar-refractivity contribution in [2.75, 3.05) is 5.73 Å². The number of anilines is 1. The number of H-pyrrole nitrogens is 1. The lowest BCUT2D eigenvalue weighted by atomic mass is 9.94. The molecule has 1 atom stereocenters. The van der Waals surface area contributed by atoms with E-state index in [2.05, 4.69) is 26.7 Å². The van der Waals surface area contributed by atoms with Crippen LogP contribution in [0.3, 0.4) is 0 Å². The summed E-state index contributed by atoms with van der Waals surface area (Å²) in [7, 11) is 0. The van der Waals surface area contributed by atoms with E-state index in [1.54, 1.807) is 6.20 Å². The second-order valence-corrected chi connectivity index (χ2v) is 6.35. The monoisotopic (exact) mass is 348 g/mol. The second-order valence-electron chi connectivity index (χ2n) is 5.91. The van der Waals surface area contributed by atoms with Crippen molar-refractivity contribution in [3.05, 3.63) is 95.8 Å². The van der Waals surface area contributed by atoms with Crippen LogP contribution >= 0.6 is 11.6 Å². The zero-order valence-electron chi connectivity index (χ0n) is 13.4. The number of hydrogen-bond acceptors (Lipinski definition) is 2. The standard InChI is InChI=1S/C20H17ClN4/c21-16-5-1-14(2-6-16)18-11-24-12-19(18)20(25-10-9-23-13-25)15-3-7-17(22)8-4-15/h1-13,20,24H,22H2/t20-/m0/s1. The fourth-order valence-electron chi connectivity index (χ4n) is 3.09. The number of nitrogens with one attached hydrogen (secondary N) is 1. The molecule has 0 unspecified atom stereocenters. The topological polar surface area (TPSA) is 59.6 Å². The molecule has 4 nitrogen and oxygen atoms in total. The molecule has 124 valence electrons. The third-order valence-corrected chi connectivity index (χ3v) is 4.55. The van der Waals surface area contributed by atoms with Crippen LogP contribution in [0.15, 0.2) is 79.6 Å². The van der Waals surface area contributed by atoms with Crippen LogP contribution in [-0.4, -0.2) is 14.5 Å². The van der Waals surface area contributed by atoms with Gasteiger partial charge >= 0.3 is 0 Å². The highest BCUT2D eigenvalue weighted by Crippen LogP contribution is 2.35. The van der Waals surface area contributed by atoms with Crippen LogP contribution in [0.4, 0.5) is 5.69 Å². The lowest BCUT2D eigenvalue weighted by molar-refractivity contribution is 0.679. The number of nitrogens with zero attached hydrogens (tertiary/aromatic N) is 2. The molecule has 2 aromatic carbocycles. The van der Waals surface area contributed by atoms with Crippen molar-refractivity contribution in [2.45, 2.75) is 6.04 Å². The fraction of sp³-hybridized carbons (Fsp3) is 0.0500. The minimum absolute atomic E-state index is 0.0000260. The number of rotatable bonds is 4. The van der Waals surface area contributed by atoms with E-state index < -0.39 is 0 Å². The smallest absolute Gasteiger partial charge is 0.0954 e. The molecule has 0 spiro atoms. The number of aromatic nitrogens is 3. The molecule has 4 aromatic rings. The molecule has 4 rings (SSSR count). The number of benzene rings is 2. The van der Waals surface area contributed by atoms with Crippen LogP contribution in [0, 0.1) is 0 Å². The Bertz CT molecular complexity index is 954. The molecule has 0 aliphatic heterocycles. The Morgan fingerprint density at radius 3 is 2.44 bits per heavy atom. The Kier molecular flexibility index (Phi) is 4.04. The van der Waals surface area contributed by atoms with Crippen molar-refractivity contribution in [2.24, 2.45) is 0 Å². The molecule has 0 radical (unpaired) electrons. The zero-order chi connectivity index (χ0) is 17.2. The van der Waals surface area contributed by atoms with Crippen LogP contribution < -0.4 is 5.73 Å². The minimum Gasteiger partial charge on any atom is -0.399 e. The van der Waals surface area contributed by atoms with Gasteiger partial charge in [0.15, 0.2) is 0 Å². The third-order valence-electron chi connectivity index (χ3n) is 4.30. The van der Waals surface area contributed by atoms with Gasteiger partial charge in [0, 0.05) is 46.6 Å². The summed E-state index contributed by atoms with van der Waals surface area (Å²) in [5, 5.41) is 0.727. The maximum atomic E-state index is 6.04. The second kappa shape index (κ2) is 6.49. The van der Waals surface area contributed by atoms with Crippen molar-refractivity contribution in [1.29, 1.82) is 0 Å². The maximum Gasteiger partial charge on any atom is 0.0954 e. The molecule has 2 aromatic heterocycles. The van der Waals surface area contributed by atoms with E-state index in [1.807, 2.05) is 61.3 Å². The summed E-state index contributed by atoms with van der Waals surface area (Å²) in [6.07, 6.45) is 9.64. The molecular formula is C20H17ClN4. The molecule has 25 heavy (non-hydrogen) atoms. The zero-order valence-corrected chi connectivity index (χ0v) is 14.2. The van der Waals surface area contributed by atoms with Gasteiger partial charge in [-0.25, -0.2) is 4.98 Å². The van der Waals surface area contributed by atoms with E-state index >= 15 is 0 Å². The largest absolute Gasteiger partial charge is 0.399 e. The van der Waals surface area contributed by atoms with Gasteiger partial charge in [-0.3, -0.25) is 0 Å². The summed E-state index contributed by atoms with van der Waals surface area (Å²) in [6.45, 7) is 0. The van der Waals surface area contributed by atoms with Crippen molar-refractivity contribution >= 4 is 17.3 Å². The number of nitrogen functional groups attached to an aromatic ring is 1. The summed E-state index contributed by atoms with van der Waals surface area (Å²) in [6, 6.07) is 15.8. The molecule has 0 fully saturated rings. The quantitative estimate of drug-likeness (QED) is 0.523. The van der Waals surface area contributed by atoms with E-state index in [4.69, 9.17) is 17.3 Å². The van der Waals surface area contributed by atoms with Gasteiger partial charge in [-0.05, 0) is 35.4 Å². The van der Waals surface area contributed by atoms with Crippen molar-refractivity contribution in [3.63, 3.8) is 0 Å². The first-order valence-electron chi connectivity index (χ1n) is 7.98. The number of aromatic amines is 1. The third kappa shape index (κ3) is 3.04. The van der Waals surface area contributed by atoms with Gasteiger partial charge in [-0.15, -0.1) is 0 Å². The summed E-state index contributed by atoms with van der Waals surface area (Å²) in [5.41, 5.74) is 11.2. The lowest BCUT2D eigenvalue weighted by Gasteiger charge is -2.20. The molecule has 0 saturated carbocycles. The molecule has 0 aliphatic carbocycles.